The van der Waals surface area contributed by atoms with Crippen molar-refractivity contribution in [2.75, 3.05) is 13.1 Å². The van der Waals surface area contributed by atoms with Crippen LogP contribution in [-0.2, 0) is 27.3 Å². The van der Waals surface area contributed by atoms with Gasteiger partial charge in [-0.2, -0.15) is 0 Å². The maximum atomic E-state index is 12.9. The van der Waals surface area contributed by atoms with Crippen LogP contribution in [0.5, 0.6) is 0 Å². The molecule has 0 radical (unpaired) electrons. The molecule has 0 saturated carbocycles. The average molecular weight is 441 g/mol. The SMILES string of the molecule is O=C(Cc1ccc(F)cc1)CC1CCN(Cc2ccccc2)CC1.O=C(O)/C=C\C(=O)O. The Hall–Kier alpha value is -3.32. The largest absolute Gasteiger partial charge is 0.478 e. The number of halogens is 1. The number of likely N-dealkylation sites (tertiary alicyclic amines) is 1. The van der Waals surface area contributed by atoms with E-state index in [9.17, 15) is 18.8 Å². The summed E-state index contributed by atoms with van der Waals surface area (Å²) < 4.78 is 12.9. The second kappa shape index (κ2) is 13.2. The highest BCUT2D eigenvalue weighted by atomic mass is 19.1. The summed E-state index contributed by atoms with van der Waals surface area (Å²) in [7, 11) is 0. The predicted molar refractivity (Wildman–Crippen MR) is 119 cm³/mol. The number of nitrogens with zero attached hydrogens (tertiary/aromatic N) is 1. The fourth-order valence-electron chi connectivity index (χ4n) is 3.56. The lowest BCUT2D eigenvalue weighted by molar-refractivity contribution is -0.134. The molecule has 0 amide bonds. The summed E-state index contributed by atoms with van der Waals surface area (Å²) in [6.07, 6.45) is 4.36. The van der Waals surface area contributed by atoms with Crippen LogP contribution >= 0.6 is 0 Å². The van der Waals surface area contributed by atoms with Gasteiger partial charge in [-0.1, -0.05) is 42.5 Å². The van der Waals surface area contributed by atoms with E-state index in [-0.39, 0.29) is 11.6 Å². The third-order valence-electron chi connectivity index (χ3n) is 5.16. The quantitative estimate of drug-likeness (QED) is 0.603. The van der Waals surface area contributed by atoms with Gasteiger partial charge in [-0.05, 0) is 55.1 Å². The van der Waals surface area contributed by atoms with Crippen LogP contribution < -0.4 is 0 Å². The van der Waals surface area contributed by atoms with Gasteiger partial charge in [0.05, 0.1) is 0 Å². The summed E-state index contributed by atoms with van der Waals surface area (Å²) in [5, 5.41) is 15.6. The van der Waals surface area contributed by atoms with Gasteiger partial charge in [0.15, 0.2) is 0 Å². The molecule has 2 aromatic rings. The normalized spacial score (nSPS) is 14.5. The van der Waals surface area contributed by atoms with Gasteiger partial charge < -0.3 is 10.2 Å². The van der Waals surface area contributed by atoms with Gasteiger partial charge in [0.25, 0.3) is 0 Å². The molecule has 0 unspecified atom stereocenters. The van der Waals surface area contributed by atoms with E-state index < -0.39 is 11.9 Å². The van der Waals surface area contributed by atoms with E-state index in [1.807, 2.05) is 6.07 Å². The molecule has 0 aliphatic carbocycles. The fourth-order valence-corrected chi connectivity index (χ4v) is 3.56. The summed E-state index contributed by atoms with van der Waals surface area (Å²) in [6.45, 7) is 3.11. The molecule has 0 aromatic heterocycles. The number of hydrogen-bond acceptors (Lipinski definition) is 4. The number of aliphatic carboxylic acids is 2. The van der Waals surface area contributed by atoms with Gasteiger partial charge in [-0.15, -0.1) is 0 Å². The van der Waals surface area contributed by atoms with Gasteiger partial charge in [-0.25, -0.2) is 14.0 Å². The maximum Gasteiger partial charge on any atom is 0.328 e. The minimum absolute atomic E-state index is 0.253. The van der Waals surface area contributed by atoms with Crippen molar-refractivity contribution in [2.45, 2.75) is 32.2 Å². The topological polar surface area (TPSA) is 94.9 Å². The third-order valence-corrected chi connectivity index (χ3v) is 5.16. The van der Waals surface area contributed by atoms with E-state index in [1.165, 1.54) is 17.7 Å². The van der Waals surface area contributed by atoms with Crippen LogP contribution in [-0.4, -0.2) is 45.9 Å². The molecule has 170 valence electrons. The number of benzene rings is 2. The maximum absolute atomic E-state index is 12.9. The first kappa shape index (κ1) is 24.9. The molecule has 0 spiro atoms. The summed E-state index contributed by atoms with van der Waals surface area (Å²) >= 11 is 0. The van der Waals surface area contributed by atoms with Crippen LogP contribution in [0.15, 0.2) is 66.7 Å². The first-order valence-electron chi connectivity index (χ1n) is 10.5. The number of carbonyl (C=O) groups excluding carboxylic acids is 1. The molecule has 7 heteroatoms. The highest BCUT2D eigenvalue weighted by molar-refractivity contribution is 5.89. The van der Waals surface area contributed by atoms with E-state index in [0.29, 0.717) is 30.9 Å². The van der Waals surface area contributed by atoms with Crippen molar-refractivity contribution in [3.8, 4) is 0 Å². The Balaban J connectivity index is 0.000000390. The van der Waals surface area contributed by atoms with E-state index in [2.05, 4.69) is 29.2 Å². The molecule has 0 atom stereocenters. The highest BCUT2D eigenvalue weighted by Crippen LogP contribution is 2.23. The molecule has 1 saturated heterocycles. The summed E-state index contributed by atoms with van der Waals surface area (Å²) in [5.41, 5.74) is 2.26. The van der Waals surface area contributed by atoms with Crippen LogP contribution in [0.25, 0.3) is 0 Å². The Morgan fingerprint density at radius 1 is 0.875 bits per heavy atom. The average Bonchev–Trinajstić information content (AvgIpc) is 2.76. The van der Waals surface area contributed by atoms with Crippen LogP contribution in [0, 0.1) is 11.7 Å². The molecule has 1 aliphatic heterocycles. The number of rotatable bonds is 8. The van der Waals surface area contributed by atoms with E-state index in [4.69, 9.17) is 10.2 Å². The van der Waals surface area contributed by atoms with Gasteiger partial charge in [0.2, 0.25) is 0 Å². The second-order valence-corrected chi connectivity index (χ2v) is 7.76. The van der Waals surface area contributed by atoms with Crippen LogP contribution in [0.1, 0.15) is 30.4 Å². The number of ketones is 1. The molecule has 32 heavy (non-hydrogen) atoms. The Morgan fingerprint density at radius 3 is 1.97 bits per heavy atom. The van der Waals surface area contributed by atoms with E-state index in [1.54, 1.807) is 12.1 Å². The summed E-state index contributed by atoms with van der Waals surface area (Å²) in [4.78, 5) is 33.8. The van der Waals surface area contributed by atoms with Crippen LogP contribution in [0.2, 0.25) is 0 Å². The van der Waals surface area contributed by atoms with Gasteiger partial charge in [0.1, 0.15) is 11.6 Å². The second-order valence-electron chi connectivity index (χ2n) is 7.76. The lowest BCUT2D eigenvalue weighted by Crippen LogP contribution is -2.34. The van der Waals surface area contributed by atoms with Crippen molar-refractivity contribution >= 4 is 17.7 Å². The Labute approximate surface area is 187 Å². The molecule has 2 aromatic carbocycles. The molecule has 1 heterocycles. The predicted octanol–water partition coefficient (Wildman–Crippen LogP) is 3.95. The third kappa shape index (κ3) is 10.1. The van der Waals surface area contributed by atoms with E-state index in [0.717, 1.165) is 38.0 Å². The molecule has 3 rings (SSSR count). The first-order valence-corrected chi connectivity index (χ1v) is 10.5. The molecule has 2 N–H and O–H groups in total. The van der Waals surface area contributed by atoms with Crippen molar-refractivity contribution in [3.63, 3.8) is 0 Å². The Kier molecular flexibility index (Phi) is 10.3. The lowest BCUT2D eigenvalue weighted by atomic mass is 9.90. The zero-order chi connectivity index (χ0) is 23.3. The molecular formula is C25H28FNO5. The van der Waals surface area contributed by atoms with Crippen LogP contribution in [0.4, 0.5) is 4.39 Å². The molecule has 1 fully saturated rings. The Morgan fingerprint density at radius 2 is 1.44 bits per heavy atom. The molecular weight excluding hydrogens is 413 g/mol. The van der Waals surface area contributed by atoms with Crippen molar-refractivity contribution in [1.82, 2.24) is 4.90 Å². The molecule has 0 bridgehead atoms. The van der Waals surface area contributed by atoms with Crippen molar-refractivity contribution in [1.29, 1.82) is 0 Å². The van der Waals surface area contributed by atoms with Gasteiger partial charge >= 0.3 is 11.9 Å². The van der Waals surface area contributed by atoms with Gasteiger partial charge in [0, 0.05) is 31.5 Å². The monoisotopic (exact) mass is 441 g/mol. The van der Waals surface area contributed by atoms with E-state index >= 15 is 0 Å². The zero-order valence-electron chi connectivity index (χ0n) is 17.8. The smallest absolute Gasteiger partial charge is 0.328 e. The van der Waals surface area contributed by atoms with Crippen molar-refractivity contribution < 1.29 is 29.0 Å². The number of hydrogen-bond donors (Lipinski definition) is 2. The number of carbonyl (C=O) groups is 3. The Bertz CT molecular complexity index is 888. The molecule has 1 aliphatic rings. The number of Topliss-reactive ketones (excluding diaryl/α,β-unsaturated/α-hetero) is 1. The number of carboxylic acids is 2. The van der Waals surface area contributed by atoms with Gasteiger partial charge in [-0.3, -0.25) is 9.69 Å². The lowest BCUT2D eigenvalue weighted by Gasteiger charge is -2.31. The highest BCUT2D eigenvalue weighted by Gasteiger charge is 2.21. The fraction of sp³-hybridized carbons (Fsp3) is 0.320. The zero-order valence-corrected chi connectivity index (χ0v) is 17.8. The standard InChI is InChI=1S/C21H24FNO.C4H4O4/c22-20-8-6-17(7-9-20)14-21(24)15-18-10-12-23(13-11-18)16-19-4-2-1-3-5-19;5-3(6)1-2-4(7)8/h1-9,18H,10-16H2;1-2H,(H,5,6)(H,7,8)/b;2-1-. The summed E-state index contributed by atoms with van der Waals surface area (Å²) in [5.74, 6) is -2.01. The first-order chi connectivity index (χ1) is 15.3. The summed E-state index contributed by atoms with van der Waals surface area (Å²) in [6, 6.07) is 16.8. The molecule has 6 nitrogen and oxygen atoms in total. The van der Waals surface area contributed by atoms with Crippen molar-refractivity contribution in [2.24, 2.45) is 5.92 Å². The van der Waals surface area contributed by atoms with Crippen molar-refractivity contribution in [3.05, 3.63) is 83.7 Å². The number of carboxylic acid groups (broad SMARTS) is 2. The number of piperidine rings is 1. The minimum Gasteiger partial charge on any atom is -0.478 e. The van der Waals surface area contributed by atoms with Crippen LogP contribution in [0.3, 0.4) is 0 Å². The minimum atomic E-state index is -1.26.